The number of carbonyl (C=O) groups excluding carboxylic acids is 1. The van der Waals surface area contributed by atoms with Crippen molar-refractivity contribution in [3.05, 3.63) is 77.3 Å². The second-order valence-corrected chi connectivity index (χ2v) is 7.44. The molecule has 0 aliphatic rings. The van der Waals surface area contributed by atoms with Gasteiger partial charge in [-0.3, -0.25) is 9.52 Å². The summed E-state index contributed by atoms with van der Waals surface area (Å²) in [5, 5.41) is 6.26. The highest BCUT2D eigenvalue weighted by atomic mass is 32.2. The van der Waals surface area contributed by atoms with Gasteiger partial charge < -0.3 is 9.84 Å². The first kappa shape index (κ1) is 18.6. The summed E-state index contributed by atoms with van der Waals surface area (Å²) in [5.41, 5.74) is 1.05. The third-order valence-electron chi connectivity index (χ3n) is 3.66. The van der Waals surface area contributed by atoms with Crippen LogP contribution in [0.15, 0.2) is 64.0 Å². The highest BCUT2D eigenvalue weighted by molar-refractivity contribution is 7.92. The Labute approximate surface area is 155 Å². The molecular weight excluding hydrogens is 373 g/mol. The van der Waals surface area contributed by atoms with Gasteiger partial charge in [0.1, 0.15) is 11.6 Å². The quantitative estimate of drug-likeness (QED) is 0.675. The summed E-state index contributed by atoms with van der Waals surface area (Å²) in [5.74, 6) is -0.172. The van der Waals surface area contributed by atoms with E-state index < -0.39 is 10.0 Å². The fourth-order valence-corrected chi connectivity index (χ4v) is 3.27. The number of sulfonamides is 1. The van der Waals surface area contributed by atoms with E-state index in [-0.39, 0.29) is 29.0 Å². The zero-order valence-electron chi connectivity index (χ0n) is 14.3. The molecule has 1 heterocycles. The lowest BCUT2D eigenvalue weighted by Crippen LogP contribution is -2.23. The fourth-order valence-electron chi connectivity index (χ4n) is 2.28. The van der Waals surface area contributed by atoms with Gasteiger partial charge in [0, 0.05) is 18.2 Å². The maximum atomic E-state index is 12.9. The second kappa shape index (κ2) is 7.58. The standard InChI is InChI=1S/C18H16FN3O4S/c1-12-10-17(21-26-12)22-27(24,25)16-8-4-14(5-9-16)18(23)20-11-13-2-6-15(19)7-3-13/h2-10H,11H2,1H3,(H,20,23)(H,21,22). The first-order valence-corrected chi connectivity index (χ1v) is 9.41. The van der Waals surface area contributed by atoms with Crippen molar-refractivity contribution in [2.45, 2.75) is 18.4 Å². The monoisotopic (exact) mass is 389 g/mol. The molecule has 1 aromatic heterocycles. The number of hydrogen-bond acceptors (Lipinski definition) is 5. The molecule has 0 bridgehead atoms. The number of hydrogen-bond donors (Lipinski definition) is 2. The summed E-state index contributed by atoms with van der Waals surface area (Å²) < 4.78 is 44.6. The Morgan fingerprint density at radius 1 is 1.11 bits per heavy atom. The molecule has 2 aromatic carbocycles. The third kappa shape index (κ3) is 4.70. The van der Waals surface area contributed by atoms with Crippen LogP contribution in [0, 0.1) is 12.7 Å². The van der Waals surface area contributed by atoms with Gasteiger partial charge in [-0.2, -0.15) is 0 Å². The predicted octanol–water partition coefficient (Wildman–Crippen LogP) is 2.85. The van der Waals surface area contributed by atoms with E-state index in [1.165, 1.54) is 42.5 Å². The highest BCUT2D eigenvalue weighted by Gasteiger charge is 2.17. The summed E-state index contributed by atoms with van der Waals surface area (Å²) in [6, 6.07) is 12.7. The van der Waals surface area contributed by atoms with Gasteiger partial charge in [-0.25, -0.2) is 12.8 Å². The molecule has 2 N–H and O–H groups in total. The molecular formula is C18H16FN3O4S. The molecule has 0 atom stereocenters. The number of amides is 1. The molecule has 0 radical (unpaired) electrons. The van der Waals surface area contributed by atoms with E-state index in [1.54, 1.807) is 19.1 Å². The van der Waals surface area contributed by atoms with Crippen molar-refractivity contribution in [1.29, 1.82) is 0 Å². The van der Waals surface area contributed by atoms with Gasteiger partial charge in [0.2, 0.25) is 0 Å². The summed E-state index contributed by atoms with van der Waals surface area (Å²) >= 11 is 0. The van der Waals surface area contributed by atoms with Crippen molar-refractivity contribution in [1.82, 2.24) is 10.5 Å². The second-order valence-electron chi connectivity index (χ2n) is 5.76. The highest BCUT2D eigenvalue weighted by Crippen LogP contribution is 2.16. The summed E-state index contributed by atoms with van der Waals surface area (Å²) in [6.45, 7) is 1.87. The van der Waals surface area contributed by atoms with E-state index in [2.05, 4.69) is 15.2 Å². The molecule has 7 nitrogen and oxygen atoms in total. The van der Waals surface area contributed by atoms with Crippen LogP contribution in [0.5, 0.6) is 0 Å². The molecule has 3 rings (SSSR count). The molecule has 27 heavy (non-hydrogen) atoms. The van der Waals surface area contributed by atoms with Gasteiger partial charge >= 0.3 is 0 Å². The Bertz CT molecular complexity index is 1040. The molecule has 0 aliphatic heterocycles. The number of rotatable bonds is 6. The lowest BCUT2D eigenvalue weighted by atomic mass is 10.2. The zero-order chi connectivity index (χ0) is 19.4. The van der Waals surface area contributed by atoms with Crippen LogP contribution >= 0.6 is 0 Å². The van der Waals surface area contributed by atoms with Gasteiger partial charge in [0.25, 0.3) is 15.9 Å². The van der Waals surface area contributed by atoms with Crippen molar-refractivity contribution >= 4 is 21.7 Å². The number of anilines is 1. The van der Waals surface area contributed by atoms with Crippen LogP contribution in [0.2, 0.25) is 0 Å². The molecule has 0 spiro atoms. The Kier molecular flexibility index (Phi) is 5.22. The molecule has 9 heteroatoms. The van der Waals surface area contributed by atoms with Crippen molar-refractivity contribution in [2.75, 3.05) is 4.72 Å². The largest absolute Gasteiger partial charge is 0.360 e. The number of aryl methyl sites for hydroxylation is 1. The minimum absolute atomic E-state index is 0.0155. The summed E-state index contributed by atoms with van der Waals surface area (Å²) in [7, 11) is -3.84. The van der Waals surface area contributed by atoms with E-state index in [0.717, 1.165) is 5.56 Å². The Hall–Kier alpha value is -3.20. The smallest absolute Gasteiger partial charge is 0.263 e. The van der Waals surface area contributed by atoms with E-state index >= 15 is 0 Å². The number of aromatic nitrogens is 1. The third-order valence-corrected chi connectivity index (χ3v) is 5.03. The lowest BCUT2D eigenvalue weighted by Gasteiger charge is -2.08. The molecule has 0 saturated carbocycles. The minimum atomic E-state index is -3.84. The molecule has 3 aromatic rings. The van der Waals surface area contributed by atoms with Crippen molar-refractivity contribution < 1.29 is 22.1 Å². The normalized spacial score (nSPS) is 11.2. The van der Waals surface area contributed by atoms with E-state index in [0.29, 0.717) is 11.3 Å². The summed E-state index contributed by atoms with van der Waals surface area (Å²) in [4.78, 5) is 12.2. The molecule has 0 fully saturated rings. The SMILES string of the molecule is Cc1cc(NS(=O)(=O)c2ccc(C(=O)NCc3ccc(F)cc3)cc2)no1. The van der Waals surface area contributed by atoms with Gasteiger partial charge in [-0.1, -0.05) is 17.3 Å². The van der Waals surface area contributed by atoms with Gasteiger partial charge in [0.05, 0.1) is 4.90 Å². The van der Waals surface area contributed by atoms with Crippen LogP contribution in [-0.4, -0.2) is 19.5 Å². The van der Waals surface area contributed by atoms with Gasteiger partial charge in [-0.15, -0.1) is 0 Å². The molecule has 0 aliphatic carbocycles. The Morgan fingerprint density at radius 2 is 1.78 bits per heavy atom. The maximum absolute atomic E-state index is 12.9. The van der Waals surface area contributed by atoms with E-state index in [1.807, 2.05) is 0 Å². The topological polar surface area (TPSA) is 101 Å². The zero-order valence-corrected chi connectivity index (χ0v) is 15.1. The van der Waals surface area contributed by atoms with Crippen LogP contribution < -0.4 is 10.0 Å². The molecule has 1 amide bonds. The summed E-state index contributed by atoms with van der Waals surface area (Å²) in [6.07, 6.45) is 0. The van der Waals surface area contributed by atoms with Crippen LogP contribution in [-0.2, 0) is 16.6 Å². The van der Waals surface area contributed by atoms with Crippen LogP contribution in [0.1, 0.15) is 21.7 Å². The van der Waals surface area contributed by atoms with Crippen molar-refractivity contribution in [2.24, 2.45) is 0 Å². The Morgan fingerprint density at radius 3 is 2.37 bits per heavy atom. The van der Waals surface area contributed by atoms with Gasteiger partial charge in [0.15, 0.2) is 5.82 Å². The number of halogens is 1. The lowest BCUT2D eigenvalue weighted by molar-refractivity contribution is 0.0951. The maximum Gasteiger partial charge on any atom is 0.263 e. The Balaban J connectivity index is 1.65. The molecule has 140 valence electrons. The van der Waals surface area contributed by atoms with Crippen LogP contribution in [0.3, 0.4) is 0 Å². The van der Waals surface area contributed by atoms with Crippen molar-refractivity contribution in [3.8, 4) is 0 Å². The number of nitrogens with one attached hydrogen (secondary N) is 2. The molecule has 0 saturated heterocycles. The first-order chi connectivity index (χ1) is 12.8. The van der Waals surface area contributed by atoms with E-state index in [9.17, 15) is 17.6 Å². The van der Waals surface area contributed by atoms with Crippen LogP contribution in [0.25, 0.3) is 0 Å². The number of carbonyl (C=O) groups is 1. The van der Waals surface area contributed by atoms with E-state index in [4.69, 9.17) is 4.52 Å². The number of nitrogens with zero attached hydrogens (tertiary/aromatic N) is 1. The molecule has 0 unspecified atom stereocenters. The fraction of sp³-hybridized carbons (Fsp3) is 0.111. The predicted molar refractivity (Wildman–Crippen MR) is 96.1 cm³/mol. The average molecular weight is 389 g/mol. The van der Waals surface area contributed by atoms with Crippen LogP contribution in [0.4, 0.5) is 10.2 Å². The number of benzene rings is 2. The van der Waals surface area contributed by atoms with Crippen molar-refractivity contribution in [3.63, 3.8) is 0 Å². The average Bonchev–Trinajstić information content (AvgIpc) is 3.05. The minimum Gasteiger partial charge on any atom is -0.360 e. The first-order valence-electron chi connectivity index (χ1n) is 7.92. The van der Waals surface area contributed by atoms with Gasteiger partial charge in [-0.05, 0) is 48.9 Å².